The second kappa shape index (κ2) is 3.18. The van der Waals surface area contributed by atoms with Crippen LogP contribution in [0, 0.1) is 15.9 Å². The third-order valence-corrected chi connectivity index (χ3v) is 3.19. The van der Waals surface area contributed by atoms with Gasteiger partial charge in [0.15, 0.2) is 0 Å². The van der Waals surface area contributed by atoms with E-state index in [1.54, 1.807) is 0 Å². The van der Waals surface area contributed by atoms with Gasteiger partial charge in [0.2, 0.25) is 0 Å². The number of nitro benzene ring substituents is 1. The van der Waals surface area contributed by atoms with Crippen molar-refractivity contribution in [1.82, 2.24) is 0 Å². The van der Waals surface area contributed by atoms with Crippen LogP contribution in [0.15, 0.2) is 17.5 Å². The summed E-state index contributed by atoms with van der Waals surface area (Å²) < 4.78 is 13.6. The maximum atomic E-state index is 13.1. The van der Waals surface area contributed by atoms with Crippen LogP contribution in [0.4, 0.5) is 10.1 Å². The molecule has 0 aliphatic rings. The Morgan fingerprint density at radius 3 is 2.86 bits per heavy atom. The van der Waals surface area contributed by atoms with Crippen molar-refractivity contribution in [2.45, 2.75) is 0 Å². The van der Waals surface area contributed by atoms with E-state index in [1.807, 2.05) is 0 Å². The van der Waals surface area contributed by atoms with Crippen LogP contribution in [0.5, 0.6) is 0 Å². The van der Waals surface area contributed by atoms with Gasteiger partial charge >= 0.3 is 0 Å². The molecule has 0 bridgehead atoms. The van der Waals surface area contributed by atoms with Crippen molar-refractivity contribution >= 4 is 38.7 Å². The predicted octanol–water partition coefficient (Wildman–Crippen LogP) is 3.60. The standard InChI is InChI=1S/C8H3ClFNO2S/c9-6-2-4(11(12)13)1-5-7(10)3-14-8(5)6/h1-3H. The summed E-state index contributed by atoms with van der Waals surface area (Å²) in [6.07, 6.45) is 0. The third kappa shape index (κ3) is 1.34. The average Bonchev–Trinajstić information content (AvgIpc) is 2.48. The van der Waals surface area contributed by atoms with Crippen molar-refractivity contribution in [3.63, 3.8) is 0 Å². The molecule has 0 unspecified atom stereocenters. The summed E-state index contributed by atoms with van der Waals surface area (Å²) in [4.78, 5) is 9.86. The second-order valence-electron chi connectivity index (χ2n) is 2.65. The highest BCUT2D eigenvalue weighted by molar-refractivity contribution is 7.17. The molecular formula is C8H3ClFNO2S. The number of non-ortho nitro benzene ring substituents is 1. The highest BCUT2D eigenvalue weighted by Gasteiger charge is 2.14. The van der Waals surface area contributed by atoms with Crippen molar-refractivity contribution in [2.24, 2.45) is 0 Å². The van der Waals surface area contributed by atoms with Gasteiger partial charge in [-0.1, -0.05) is 11.6 Å². The first-order valence-electron chi connectivity index (χ1n) is 3.60. The zero-order valence-electron chi connectivity index (χ0n) is 6.66. The van der Waals surface area contributed by atoms with E-state index in [4.69, 9.17) is 11.6 Å². The number of nitro groups is 1. The molecule has 0 aliphatic carbocycles. The van der Waals surface area contributed by atoms with Crippen LogP contribution < -0.4 is 0 Å². The average molecular weight is 232 g/mol. The van der Waals surface area contributed by atoms with Gasteiger partial charge in [0, 0.05) is 22.9 Å². The van der Waals surface area contributed by atoms with Crippen LogP contribution in [-0.4, -0.2) is 4.92 Å². The summed E-state index contributed by atoms with van der Waals surface area (Å²) in [5.41, 5.74) is -0.195. The maximum absolute atomic E-state index is 13.1. The molecule has 72 valence electrons. The van der Waals surface area contributed by atoms with Gasteiger partial charge < -0.3 is 0 Å². The maximum Gasteiger partial charge on any atom is 0.271 e. The molecule has 0 fully saturated rings. The Hall–Kier alpha value is -1.20. The largest absolute Gasteiger partial charge is 0.271 e. The lowest BCUT2D eigenvalue weighted by molar-refractivity contribution is -0.384. The van der Waals surface area contributed by atoms with Crippen molar-refractivity contribution in [3.05, 3.63) is 38.5 Å². The van der Waals surface area contributed by atoms with Gasteiger partial charge in [-0.05, 0) is 0 Å². The van der Waals surface area contributed by atoms with Gasteiger partial charge in [-0.25, -0.2) is 4.39 Å². The van der Waals surface area contributed by atoms with Crippen molar-refractivity contribution in [3.8, 4) is 0 Å². The Kier molecular flexibility index (Phi) is 2.13. The van der Waals surface area contributed by atoms with Crippen LogP contribution in [0.2, 0.25) is 5.02 Å². The summed E-state index contributed by atoms with van der Waals surface area (Å²) in [5, 5.41) is 12.2. The van der Waals surface area contributed by atoms with Crippen molar-refractivity contribution < 1.29 is 9.31 Å². The van der Waals surface area contributed by atoms with E-state index in [9.17, 15) is 14.5 Å². The van der Waals surface area contributed by atoms with Gasteiger partial charge in [0.1, 0.15) is 5.82 Å². The first-order chi connectivity index (χ1) is 6.59. The van der Waals surface area contributed by atoms with Gasteiger partial charge in [0.05, 0.1) is 14.6 Å². The smallest absolute Gasteiger partial charge is 0.258 e. The van der Waals surface area contributed by atoms with Crippen LogP contribution in [0.25, 0.3) is 10.1 Å². The molecule has 1 heterocycles. The van der Waals surface area contributed by atoms with E-state index in [0.717, 1.165) is 11.3 Å². The summed E-state index contributed by atoms with van der Waals surface area (Å²) in [6.45, 7) is 0. The highest BCUT2D eigenvalue weighted by atomic mass is 35.5. The van der Waals surface area contributed by atoms with Crippen molar-refractivity contribution in [1.29, 1.82) is 0 Å². The molecule has 0 saturated carbocycles. The molecule has 0 spiro atoms. The lowest BCUT2D eigenvalue weighted by Crippen LogP contribution is -1.87. The lowest BCUT2D eigenvalue weighted by atomic mass is 10.2. The zero-order chi connectivity index (χ0) is 10.3. The number of nitrogens with zero attached hydrogens (tertiary/aromatic N) is 1. The monoisotopic (exact) mass is 231 g/mol. The second-order valence-corrected chi connectivity index (χ2v) is 3.93. The van der Waals surface area contributed by atoms with Crippen LogP contribution in [0.1, 0.15) is 0 Å². The minimum Gasteiger partial charge on any atom is -0.258 e. The Morgan fingerprint density at radius 2 is 2.21 bits per heavy atom. The quantitative estimate of drug-likeness (QED) is 0.556. The molecule has 6 heteroatoms. The number of rotatable bonds is 1. The van der Waals surface area contributed by atoms with Crippen LogP contribution in [-0.2, 0) is 0 Å². The molecule has 1 aromatic carbocycles. The fraction of sp³-hybridized carbons (Fsp3) is 0. The molecule has 0 N–H and O–H groups in total. The number of fused-ring (bicyclic) bond motifs is 1. The van der Waals surface area contributed by atoms with Gasteiger partial charge in [-0.15, -0.1) is 11.3 Å². The molecule has 0 aliphatic heterocycles. The molecule has 1 aromatic heterocycles. The molecule has 14 heavy (non-hydrogen) atoms. The van der Waals surface area contributed by atoms with E-state index >= 15 is 0 Å². The molecule has 3 nitrogen and oxygen atoms in total. The minimum atomic E-state index is -0.595. The summed E-state index contributed by atoms with van der Waals surface area (Å²) in [5.74, 6) is -0.476. The van der Waals surface area contributed by atoms with E-state index in [-0.39, 0.29) is 16.1 Å². The third-order valence-electron chi connectivity index (χ3n) is 1.78. The fourth-order valence-electron chi connectivity index (χ4n) is 1.16. The molecule has 2 aromatic rings. The summed E-state index contributed by atoms with van der Waals surface area (Å²) in [7, 11) is 0. The van der Waals surface area contributed by atoms with Crippen LogP contribution in [0.3, 0.4) is 0 Å². The summed E-state index contributed by atoms with van der Waals surface area (Å²) >= 11 is 6.89. The fourth-order valence-corrected chi connectivity index (χ4v) is 2.31. The Labute approximate surface area is 86.9 Å². The molecule has 0 amide bonds. The van der Waals surface area contributed by atoms with Crippen molar-refractivity contribution in [2.75, 3.05) is 0 Å². The predicted molar refractivity (Wildman–Crippen MR) is 53.4 cm³/mol. The molecule has 0 radical (unpaired) electrons. The topological polar surface area (TPSA) is 43.1 Å². The Balaban J connectivity index is 2.82. The lowest BCUT2D eigenvalue weighted by Gasteiger charge is -1.94. The van der Waals surface area contributed by atoms with E-state index in [2.05, 4.69) is 0 Å². The first-order valence-corrected chi connectivity index (χ1v) is 4.86. The minimum absolute atomic E-state index is 0.195. The van der Waals surface area contributed by atoms with E-state index < -0.39 is 10.7 Å². The van der Waals surface area contributed by atoms with Gasteiger partial charge in [-0.3, -0.25) is 10.1 Å². The number of hydrogen-bond donors (Lipinski definition) is 0. The van der Waals surface area contributed by atoms with E-state index in [0.29, 0.717) is 4.70 Å². The molecule has 0 atom stereocenters. The summed E-state index contributed by atoms with van der Waals surface area (Å²) in [6, 6.07) is 2.41. The number of benzene rings is 1. The Morgan fingerprint density at radius 1 is 1.50 bits per heavy atom. The number of halogens is 2. The highest BCUT2D eigenvalue weighted by Crippen LogP contribution is 2.34. The van der Waals surface area contributed by atoms with E-state index in [1.165, 1.54) is 17.5 Å². The van der Waals surface area contributed by atoms with Gasteiger partial charge in [-0.2, -0.15) is 0 Å². The molecular weight excluding hydrogens is 229 g/mol. The van der Waals surface area contributed by atoms with Gasteiger partial charge in [0.25, 0.3) is 5.69 Å². The Bertz CT molecular complexity index is 525. The first kappa shape index (κ1) is 9.36. The van der Waals surface area contributed by atoms with Crippen LogP contribution >= 0.6 is 22.9 Å². The number of thiophene rings is 1. The zero-order valence-corrected chi connectivity index (χ0v) is 8.23. The number of hydrogen-bond acceptors (Lipinski definition) is 3. The SMILES string of the molecule is O=[N+]([O-])c1cc(Cl)c2scc(F)c2c1. The molecule has 2 rings (SSSR count). The molecule has 0 saturated heterocycles. The normalized spacial score (nSPS) is 10.7.